The van der Waals surface area contributed by atoms with E-state index in [0.717, 1.165) is 18.3 Å². The molecule has 1 N–H and O–H groups in total. The van der Waals surface area contributed by atoms with Crippen molar-refractivity contribution < 1.29 is 4.74 Å². The maximum Gasteiger partial charge on any atom is 0.0623 e. The molecule has 0 heterocycles. The minimum absolute atomic E-state index is 0.0152. The first-order valence-corrected chi connectivity index (χ1v) is 9.02. The molecule has 4 bridgehead atoms. The zero-order valence-electron chi connectivity index (χ0n) is 14.8. The minimum atomic E-state index is 0.0152. The second kappa shape index (κ2) is 5.23. The van der Waals surface area contributed by atoms with Crippen LogP contribution in [0.4, 0.5) is 0 Å². The van der Waals surface area contributed by atoms with Gasteiger partial charge < -0.3 is 10.1 Å². The Balaban J connectivity index is 1.74. The molecule has 2 heteroatoms. The van der Waals surface area contributed by atoms with Gasteiger partial charge in [-0.2, -0.15) is 0 Å². The molecule has 21 heavy (non-hydrogen) atoms. The van der Waals surface area contributed by atoms with Gasteiger partial charge in [0.1, 0.15) is 0 Å². The van der Waals surface area contributed by atoms with Gasteiger partial charge in [0, 0.05) is 13.2 Å². The van der Waals surface area contributed by atoms with Crippen molar-refractivity contribution in [3.05, 3.63) is 0 Å². The Bertz CT molecular complexity index is 375. The van der Waals surface area contributed by atoms with Crippen LogP contribution in [0.1, 0.15) is 72.1 Å². The average molecular weight is 293 g/mol. The molecule has 4 aliphatic carbocycles. The summed E-state index contributed by atoms with van der Waals surface area (Å²) >= 11 is 0. The summed E-state index contributed by atoms with van der Waals surface area (Å²) in [6.45, 7) is 7.02. The number of hydrogen-bond donors (Lipinski definition) is 1. The largest absolute Gasteiger partial charge is 0.379 e. The molecule has 3 atom stereocenters. The van der Waals surface area contributed by atoms with Gasteiger partial charge in [0.15, 0.2) is 0 Å². The summed E-state index contributed by atoms with van der Waals surface area (Å²) < 4.78 is 5.64. The van der Waals surface area contributed by atoms with E-state index in [1.165, 1.54) is 44.9 Å². The zero-order valence-corrected chi connectivity index (χ0v) is 14.8. The van der Waals surface area contributed by atoms with Crippen molar-refractivity contribution in [2.24, 2.45) is 22.7 Å². The van der Waals surface area contributed by atoms with Crippen LogP contribution in [0.3, 0.4) is 0 Å². The highest BCUT2D eigenvalue weighted by atomic mass is 16.5. The van der Waals surface area contributed by atoms with E-state index in [1.54, 1.807) is 0 Å². The van der Waals surface area contributed by atoms with Crippen LogP contribution in [-0.2, 0) is 4.74 Å². The van der Waals surface area contributed by atoms with Crippen LogP contribution in [0.15, 0.2) is 0 Å². The first-order chi connectivity index (χ1) is 9.80. The molecule has 0 spiro atoms. The van der Waals surface area contributed by atoms with Crippen molar-refractivity contribution in [3.8, 4) is 0 Å². The monoisotopic (exact) mass is 293 g/mol. The fourth-order valence-corrected chi connectivity index (χ4v) is 6.56. The molecule has 0 aromatic rings. The molecule has 0 saturated heterocycles. The third-order valence-electron chi connectivity index (χ3n) is 7.07. The van der Waals surface area contributed by atoms with Crippen LogP contribution in [0, 0.1) is 22.7 Å². The second-order valence-corrected chi connectivity index (χ2v) is 9.48. The Hall–Kier alpha value is -0.0800. The molecule has 3 unspecified atom stereocenters. The molecule has 4 aliphatic rings. The highest BCUT2D eigenvalue weighted by Gasteiger charge is 2.57. The van der Waals surface area contributed by atoms with Crippen LogP contribution in [0.25, 0.3) is 0 Å². The summed E-state index contributed by atoms with van der Waals surface area (Å²) in [7, 11) is 4.03. The summed E-state index contributed by atoms with van der Waals surface area (Å²) in [5.74, 6) is 2.03. The zero-order chi connectivity index (χ0) is 15.3. The van der Waals surface area contributed by atoms with Gasteiger partial charge in [-0.3, -0.25) is 0 Å². The standard InChI is InChI=1S/C19H35NO/c1-17(2,21-5)7-6-16(20-4)19-11-14-8-15(12-19)10-18(3,9-14)13-19/h14-16,20H,6-13H2,1-5H3. The van der Waals surface area contributed by atoms with Gasteiger partial charge in [0.2, 0.25) is 0 Å². The maximum absolute atomic E-state index is 5.64. The van der Waals surface area contributed by atoms with Crippen LogP contribution in [0.2, 0.25) is 0 Å². The number of rotatable bonds is 6. The lowest BCUT2D eigenvalue weighted by atomic mass is 9.43. The lowest BCUT2D eigenvalue weighted by Crippen LogP contribution is -2.58. The van der Waals surface area contributed by atoms with Crippen LogP contribution in [-0.4, -0.2) is 25.8 Å². The third-order valence-corrected chi connectivity index (χ3v) is 7.07. The van der Waals surface area contributed by atoms with Crippen molar-refractivity contribution in [3.63, 3.8) is 0 Å². The fraction of sp³-hybridized carbons (Fsp3) is 1.00. The molecule has 4 rings (SSSR count). The van der Waals surface area contributed by atoms with Gasteiger partial charge in [-0.25, -0.2) is 0 Å². The third kappa shape index (κ3) is 2.91. The predicted molar refractivity (Wildman–Crippen MR) is 88.4 cm³/mol. The quantitative estimate of drug-likeness (QED) is 0.784. The van der Waals surface area contributed by atoms with E-state index in [1.807, 2.05) is 7.11 Å². The summed E-state index contributed by atoms with van der Waals surface area (Å²) in [6.07, 6.45) is 11.4. The molecular weight excluding hydrogens is 258 g/mol. The van der Waals surface area contributed by atoms with E-state index in [-0.39, 0.29) is 5.60 Å². The first-order valence-electron chi connectivity index (χ1n) is 9.02. The molecule has 0 aromatic heterocycles. The Morgan fingerprint density at radius 1 is 1.19 bits per heavy atom. The molecule has 2 nitrogen and oxygen atoms in total. The van der Waals surface area contributed by atoms with Crippen LogP contribution in [0.5, 0.6) is 0 Å². The Morgan fingerprint density at radius 2 is 1.81 bits per heavy atom. The first kappa shape index (κ1) is 15.8. The topological polar surface area (TPSA) is 21.3 Å². The highest BCUT2D eigenvalue weighted by molar-refractivity contribution is 5.09. The van der Waals surface area contributed by atoms with Crippen molar-refractivity contribution in [2.45, 2.75) is 83.8 Å². The summed E-state index contributed by atoms with van der Waals surface area (Å²) in [4.78, 5) is 0. The van der Waals surface area contributed by atoms with Crippen molar-refractivity contribution >= 4 is 0 Å². The van der Waals surface area contributed by atoms with Gasteiger partial charge in [0.05, 0.1) is 5.60 Å². The fourth-order valence-electron chi connectivity index (χ4n) is 6.56. The lowest BCUT2D eigenvalue weighted by molar-refractivity contribution is -0.120. The molecule has 4 fully saturated rings. The SMILES string of the molecule is CNC(CCC(C)(C)OC)C12CC3CC(CC(C)(C3)C1)C2. The summed E-state index contributed by atoms with van der Waals surface area (Å²) in [5, 5.41) is 3.72. The lowest BCUT2D eigenvalue weighted by Gasteiger charge is -2.63. The molecule has 0 radical (unpaired) electrons. The number of nitrogens with one attached hydrogen (secondary N) is 1. The van der Waals surface area contributed by atoms with E-state index < -0.39 is 0 Å². The van der Waals surface area contributed by atoms with E-state index in [2.05, 4.69) is 33.1 Å². The maximum atomic E-state index is 5.64. The number of hydrogen-bond acceptors (Lipinski definition) is 2. The van der Waals surface area contributed by atoms with Crippen molar-refractivity contribution in [1.29, 1.82) is 0 Å². The average Bonchev–Trinajstić information content (AvgIpc) is 2.36. The number of ether oxygens (including phenoxy) is 1. The van der Waals surface area contributed by atoms with Crippen LogP contribution >= 0.6 is 0 Å². The number of methoxy groups -OCH3 is 1. The van der Waals surface area contributed by atoms with Gasteiger partial charge >= 0.3 is 0 Å². The van der Waals surface area contributed by atoms with Gasteiger partial charge in [0.25, 0.3) is 0 Å². The molecule has 0 aliphatic heterocycles. The second-order valence-electron chi connectivity index (χ2n) is 9.48. The summed E-state index contributed by atoms with van der Waals surface area (Å²) in [6, 6.07) is 0.678. The molecule has 4 saturated carbocycles. The highest BCUT2D eigenvalue weighted by Crippen LogP contribution is 2.66. The molecule has 122 valence electrons. The van der Waals surface area contributed by atoms with Gasteiger partial charge in [-0.1, -0.05) is 6.92 Å². The van der Waals surface area contributed by atoms with E-state index in [9.17, 15) is 0 Å². The smallest absolute Gasteiger partial charge is 0.0623 e. The van der Waals surface area contributed by atoms with E-state index >= 15 is 0 Å². The Labute approximate surface area is 131 Å². The molecular formula is C19H35NO. The predicted octanol–water partition coefficient (Wildman–Crippen LogP) is 4.39. The minimum Gasteiger partial charge on any atom is -0.379 e. The summed E-state index contributed by atoms with van der Waals surface area (Å²) in [5.41, 5.74) is 1.24. The van der Waals surface area contributed by atoms with E-state index in [0.29, 0.717) is 16.9 Å². The molecule has 0 amide bonds. The van der Waals surface area contributed by atoms with Crippen molar-refractivity contribution in [1.82, 2.24) is 5.32 Å². The van der Waals surface area contributed by atoms with Crippen molar-refractivity contribution in [2.75, 3.05) is 14.2 Å². The molecule has 0 aromatic carbocycles. The van der Waals surface area contributed by atoms with Gasteiger partial charge in [-0.15, -0.1) is 0 Å². The van der Waals surface area contributed by atoms with E-state index in [4.69, 9.17) is 4.74 Å². The van der Waals surface area contributed by atoms with Crippen LogP contribution < -0.4 is 5.32 Å². The normalized spacial score (nSPS) is 43.3. The Kier molecular flexibility index (Phi) is 3.94. The van der Waals surface area contributed by atoms with Gasteiger partial charge in [-0.05, 0) is 94.9 Å². The Morgan fingerprint density at radius 3 is 2.29 bits per heavy atom.